The Morgan fingerprint density at radius 2 is 1.63 bits per heavy atom. The van der Waals surface area contributed by atoms with Crippen LogP contribution in [0.25, 0.3) is 6.08 Å². The lowest BCUT2D eigenvalue weighted by Gasteiger charge is -2.28. The summed E-state index contributed by atoms with van der Waals surface area (Å²) in [5, 5.41) is 0. The molecule has 1 fully saturated rings. The zero-order chi connectivity index (χ0) is 14.2. The maximum atomic E-state index is 12.0. The van der Waals surface area contributed by atoms with Crippen LogP contribution in [-0.2, 0) is 9.59 Å². The first-order valence-electron chi connectivity index (χ1n) is 5.49. The van der Waals surface area contributed by atoms with E-state index in [1.54, 1.807) is 6.07 Å². The molecule has 0 aliphatic carbocycles. The molecule has 98 valence electrons. The fourth-order valence-electron chi connectivity index (χ4n) is 1.74. The number of amides is 4. The Morgan fingerprint density at radius 1 is 1.05 bits per heavy atom. The van der Waals surface area contributed by atoms with E-state index in [9.17, 15) is 14.4 Å². The Morgan fingerprint density at radius 3 is 2.16 bits per heavy atom. The molecule has 19 heavy (non-hydrogen) atoms. The highest BCUT2D eigenvalue weighted by molar-refractivity contribution is 14.1. The zero-order valence-corrected chi connectivity index (χ0v) is 12.5. The first-order valence-corrected chi connectivity index (χ1v) is 6.57. The van der Waals surface area contributed by atoms with Crippen molar-refractivity contribution in [1.29, 1.82) is 0 Å². The van der Waals surface area contributed by atoms with Crippen LogP contribution in [0, 0.1) is 3.57 Å². The Hall–Kier alpha value is -1.70. The summed E-state index contributed by atoms with van der Waals surface area (Å²) in [5.41, 5.74) is 0.742. The lowest BCUT2D eigenvalue weighted by molar-refractivity contribution is -0.134. The van der Waals surface area contributed by atoms with E-state index in [0.29, 0.717) is 0 Å². The van der Waals surface area contributed by atoms with Crippen molar-refractivity contribution in [3.63, 3.8) is 0 Å². The van der Waals surface area contributed by atoms with Crippen LogP contribution < -0.4 is 0 Å². The molecule has 0 aromatic heterocycles. The van der Waals surface area contributed by atoms with Crippen molar-refractivity contribution >= 4 is 46.5 Å². The van der Waals surface area contributed by atoms with Gasteiger partial charge in [-0.2, -0.15) is 0 Å². The van der Waals surface area contributed by atoms with Gasteiger partial charge in [-0.25, -0.2) is 4.79 Å². The van der Waals surface area contributed by atoms with Gasteiger partial charge in [0, 0.05) is 17.7 Å². The molecule has 1 aromatic rings. The number of hydrogen-bond acceptors (Lipinski definition) is 3. The summed E-state index contributed by atoms with van der Waals surface area (Å²) in [7, 11) is 2.71. The third kappa shape index (κ3) is 2.53. The van der Waals surface area contributed by atoms with E-state index in [-0.39, 0.29) is 5.57 Å². The van der Waals surface area contributed by atoms with Crippen molar-refractivity contribution in [2.45, 2.75) is 0 Å². The third-order valence-corrected chi connectivity index (χ3v) is 3.47. The largest absolute Gasteiger partial charge is 0.333 e. The van der Waals surface area contributed by atoms with Gasteiger partial charge in [0.05, 0.1) is 0 Å². The van der Waals surface area contributed by atoms with E-state index in [1.807, 2.05) is 18.2 Å². The summed E-state index contributed by atoms with van der Waals surface area (Å²) >= 11 is 2.15. The fourth-order valence-corrected chi connectivity index (χ4v) is 2.31. The molecule has 4 amide bonds. The van der Waals surface area contributed by atoms with Gasteiger partial charge in [0.1, 0.15) is 5.57 Å². The van der Waals surface area contributed by atoms with Crippen LogP contribution in [0.3, 0.4) is 0 Å². The first-order chi connectivity index (χ1) is 8.91. The molecule has 5 nitrogen and oxygen atoms in total. The molecule has 1 aliphatic rings. The number of benzene rings is 1. The molecule has 0 spiro atoms. The van der Waals surface area contributed by atoms with E-state index < -0.39 is 17.8 Å². The minimum atomic E-state index is -0.616. The predicted octanol–water partition coefficient (Wildman–Crippen LogP) is 1.72. The van der Waals surface area contributed by atoms with Crippen LogP contribution in [0.2, 0.25) is 0 Å². The molecule has 0 bridgehead atoms. The highest BCUT2D eigenvalue weighted by Gasteiger charge is 2.37. The number of halogens is 1. The molecule has 0 radical (unpaired) electrons. The van der Waals surface area contributed by atoms with Crippen molar-refractivity contribution in [1.82, 2.24) is 9.80 Å². The Labute approximate surface area is 124 Å². The molecule has 0 N–H and O–H groups in total. The van der Waals surface area contributed by atoms with Crippen LogP contribution in [-0.4, -0.2) is 41.7 Å². The fraction of sp³-hybridized carbons (Fsp3) is 0.154. The van der Waals surface area contributed by atoms with Gasteiger partial charge in [-0.05, 0) is 46.4 Å². The van der Waals surface area contributed by atoms with Gasteiger partial charge in [-0.15, -0.1) is 0 Å². The maximum Gasteiger partial charge on any atom is 0.333 e. The summed E-state index contributed by atoms with van der Waals surface area (Å²) in [6.07, 6.45) is 1.51. The molecule has 1 heterocycles. The minimum Gasteiger partial charge on any atom is -0.268 e. The zero-order valence-electron chi connectivity index (χ0n) is 10.4. The molecular formula is C13H11IN2O3. The van der Waals surface area contributed by atoms with Gasteiger partial charge in [-0.1, -0.05) is 12.1 Å². The van der Waals surface area contributed by atoms with Crippen molar-refractivity contribution in [3.8, 4) is 0 Å². The number of carbonyl (C=O) groups excluding carboxylic acids is 3. The average Bonchev–Trinajstić information content (AvgIpc) is 2.39. The van der Waals surface area contributed by atoms with Crippen molar-refractivity contribution in [2.75, 3.05) is 14.1 Å². The number of urea groups is 1. The number of likely N-dealkylation sites (N-methyl/N-ethyl adjacent to an activating group) is 2. The monoisotopic (exact) mass is 370 g/mol. The Kier molecular flexibility index (Phi) is 3.70. The van der Waals surface area contributed by atoms with Crippen LogP contribution >= 0.6 is 22.6 Å². The van der Waals surface area contributed by atoms with Gasteiger partial charge in [-0.3, -0.25) is 19.4 Å². The summed E-state index contributed by atoms with van der Waals surface area (Å²) in [6.45, 7) is 0. The third-order valence-electron chi connectivity index (χ3n) is 2.80. The predicted molar refractivity (Wildman–Crippen MR) is 78.1 cm³/mol. The van der Waals surface area contributed by atoms with E-state index in [2.05, 4.69) is 22.6 Å². The number of hydrogen-bond donors (Lipinski definition) is 0. The summed E-state index contributed by atoms with van der Waals surface area (Å²) in [5.74, 6) is -1.15. The average molecular weight is 370 g/mol. The lowest BCUT2D eigenvalue weighted by Crippen LogP contribution is -2.52. The van der Waals surface area contributed by atoms with Crippen molar-refractivity contribution in [3.05, 3.63) is 39.0 Å². The second kappa shape index (κ2) is 5.12. The maximum absolute atomic E-state index is 12.0. The van der Waals surface area contributed by atoms with Crippen LogP contribution in [0.5, 0.6) is 0 Å². The first kappa shape index (κ1) is 13.7. The van der Waals surface area contributed by atoms with E-state index in [0.717, 1.165) is 18.9 Å². The molecule has 0 atom stereocenters. The molecule has 0 saturated carbocycles. The van der Waals surface area contributed by atoms with E-state index in [4.69, 9.17) is 0 Å². The van der Waals surface area contributed by atoms with Gasteiger partial charge < -0.3 is 0 Å². The Balaban J connectivity index is 2.45. The quantitative estimate of drug-likeness (QED) is 0.430. The molecule has 1 aliphatic heterocycles. The van der Waals surface area contributed by atoms with E-state index in [1.165, 1.54) is 20.2 Å². The van der Waals surface area contributed by atoms with Gasteiger partial charge >= 0.3 is 6.03 Å². The van der Waals surface area contributed by atoms with Crippen LogP contribution in [0.15, 0.2) is 29.8 Å². The van der Waals surface area contributed by atoms with Gasteiger partial charge in [0.2, 0.25) is 0 Å². The second-order valence-corrected chi connectivity index (χ2v) is 5.37. The van der Waals surface area contributed by atoms with Crippen molar-refractivity contribution in [2.24, 2.45) is 0 Å². The number of imide groups is 2. The molecule has 6 heteroatoms. The van der Waals surface area contributed by atoms with Gasteiger partial charge in [0.25, 0.3) is 11.8 Å². The SMILES string of the molecule is CN1C(=O)C(=Cc2cccc(I)c2)C(=O)N(C)C1=O. The summed E-state index contributed by atoms with van der Waals surface area (Å²) in [6, 6.07) is 6.78. The molecule has 1 aromatic carbocycles. The molecule has 1 saturated heterocycles. The number of rotatable bonds is 1. The highest BCUT2D eigenvalue weighted by atomic mass is 127. The van der Waals surface area contributed by atoms with E-state index >= 15 is 0 Å². The van der Waals surface area contributed by atoms with Gasteiger partial charge in [0.15, 0.2) is 0 Å². The smallest absolute Gasteiger partial charge is 0.268 e. The highest BCUT2D eigenvalue weighted by Crippen LogP contribution is 2.18. The second-order valence-electron chi connectivity index (χ2n) is 4.12. The summed E-state index contributed by atoms with van der Waals surface area (Å²) in [4.78, 5) is 37.4. The minimum absolute atomic E-state index is 0.00778. The normalized spacial score (nSPS) is 16.2. The lowest BCUT2D eigenvalue weighted by atomic mass is 10.1. The Bertz CT molecular complexity index is 584. The number of nitrogens with zero attached hydrogens (tertiary/aromatic N) is 2. The molecular weight excluding hydrogens is 359 g/mol. The topological polar surface area (TPSA) is 57.7 Å². The van der Waals surface area contributed by atoms with Crippen LogP contribution in [0.1, 0.15) is 5.56 Å². The summed E-state index contributed by atoms with van der Waals surface area (Å²) < 4.78 is 1.00. The van der Waals surface area contributed by atoms with Crippen molar-refractivity contribution < 1.29 is 14.4 Å². The van der Waals surface area contributed by atoms with Crippen LogP contribution in [0.4, 0.5) is 4.79 Å². The molecule has 2 rings (SSSR count). The standard InChI is InChI=1S/C13H11IN2O3/c1-15-11(17)10(12(18)16(2)13(15)19)7-8-4-3-5-9(14)6-8/h3-7H,1-2H3. The number of carbonyl (C=O) groups is 3. The number of barbiturate groups is 1. The molecule has 0 unspecified atom stereocenters.